The predicted octanol–water partition coefficient (Wildman–Crippen LogP) is 3.88. The van der Waals surface area contributed by atoms with Crippen LogP contribution in [-0.2, 0) is 21.4 Å². The number of para-hydroxylation sites is 1. The van der Waals surface area contributed by atoms with Crippen molar-refractivity contribution < 1.29 is 13.2 Å². The number of aromatic nitrogens is 4. The fourth-order valence-corrected chi connectivity index (χ4v) is 5.73. The van der Waals surface area contributed by atoms with Gasteiger partial charge in [-0.05, 0) is 36.8 Å². The summed E-state index contributed by atoms with van der Waals surface area (Å²) in [4.78, 5) is 17.0. The Kier molecular flexibility index (Phi) is 9.27. The number of benzene rings is 2. The molecule has 0 aliphatic carbocycles. The number of carbonyl (C=O) groups excluding carboxylic acids is 1. The van der Waals surface area contributed by atoms with E-state index in [9.17, 15) is 18.5 Å². The number of carbonyl (C=O) groups is 1. The van der Waals surface area contributed by atoms with E-state index in [4.69, 9.17) is 5.10 Å². The highest BCUT2D eigenvalue weighted by atomic mass is 32.2. The van der Waals surface area contributed by atoms with E-state index in [0.717, 1.165) is 5.69 Å². The molecule has 0 fully saturated rings. The van der Waals surface area contributed by atoms with Gasteiger partial charge >= 0.3 is 0 Å². The van der Waals surface area contributed by atoms with Crippen LogP contribution in [0.4, 0.5) is 0 Å². The van der Waals surface area contributed by atoms with E-state index in [-0.39, 0.29) is 10.5 Å². The zero-order valence-corrected chi connectivity index (χ0v) is 23.3. The van der Waals surface area contributed by atoms with Gasteiger partial charge < -0.3 is 9.88 Å². The Hall–Kier alpha value is -4.53. The van der Waals surface area contributed by atoms with Gasteiger partial charge in [0.25, 0.3) is 5.91 Å². The number of nitrogens with one attached hydrogen (secondary N) is 1. The van der Waals surface area contributed by atoms with Crippen molar-refractivity contribution in [3.8, 4) is 23.0 Å². The molecule has 4 rings (SSSR count). The first-order valence-electron chi connectivity index (χ1n) is 13.0. The Balaban J connectivity index is 1.68. The summed E-state index contributed by atoms with van der Waals surface area (Å²) in [6.07, 6.45) is 9.12. The number of aryl methyl sites for hydroxylation is 1. The van der Waals surface area contributed by atoms with Gasteiger partial charge in [0.1, 0.15) is 17.3 Å². The zero-order chi connectivity index (χ0) is 28.5. The number of sulfonamides is 1. The van der Waals surface area contributed by atoms with Gasteiger partial charge in [0, 0.05) is 55.9 Å². The highest BCUT2D eigenvalue weighted by Crippen LogP contribution is 2.28. The monoisotopic (exact) mass is 557 g/mol. The minimum atomic E-state index is -3.70. The van der Waals surface area contributed by atoms with Crippen LogP contribution < -0.4 is 5.32 Å². The Labute approximate surface area is 234 Å². The Morgan fingerprint density at radius 2 is 1.90 bits per heavy atom. The maximum absolute atomic E-state index is 13.2. The van der Waals surface area contributed by atoms with Gasteiger partial charge in [-0.2, -0.15) is 14.7 Å². The molecule has 0 spiro atoms. The lowest BCUT2D eigenvalue weighted by molar-refractivity contribution is -0.117. The summed E-state index contributed by atoms with van der Waals surface area (Å²) < 4.78 is 31.3. The van der Waals surface area contributed by atoms with Crippen molar-refractivity contribution in [2.75, 3.05) is 19.6 Å². The summed E-state index contributed by atoms with van der Waals surface area (Å²) >= 11 is 0. The number of imidazole rings is 1. The molecule has 2 heterocycles. The van der Waals surface area contributed by atoms with Crippen LogP contribution in [0.1, 0.15) is 25.8 Å². The molecule has 0 radical (unpaired) electrons. The molecule has 0 aliphatic rings. The van der Waals surface area contributed by atoms with Crippen LogP contribution in [0.25, 0.3) is 23.0 Å². The molecule has 4 aromatic rings. The molecule has 0 aliphatic heterocycles. The molecule has 1 N–H and O–H groups in total. The van der Waals surface area contributed by atoms with Crippen molar-refractivity contribution in [2.24, 2.45) is 0 Å². The lowest BCUT2D eigenvalue weighted by Gasteiger charge is -2.18. The lowest BCUT2D eigenvalue weighted by Crippen LogP contribution is -2.30. The third-order valence-corrected chi connectivity index (χ3v) is 8.36. The summed E-state index contributed by atoms with van der Waals surface area (Å²) in [6, 6.07) is 17.9. The van der Waals surface area contributed by atoms with E-state index in [1.807, 2.05) is 47.2 Å². The fraction of sp³-hybridized carbons (Fsp3) is 0.241. The second-order valence-electron chi connectivity index (χ2n) is 8.91. The second-order valence-corrected chi connectivity index (χ2v) is 10.8. The van der Waals surface area contributed by atoms with Gasteiger partial charge in [-0.3, -0.25) is 4.79 Å². The Bertz CT molecular complexity index is 1620. The molecule has 2 aromatic carbocycles. The van der Waals surface area contributed by atoms with Crippen LogP contribution in [0.5, 0.6) is 0 Å². The molecule has 0 bridgehead atoms. The summed E-state index contributed by atoms with van der Waals surface area (Å²) in [6.45, 7) is 5.36. The fourth-order valence-electron chi connectivity index (χ4n) is 4.23. The second kappa shape index (κ2) is 13.0. The Morgan fingerprint density at radius 1 is 1.12 bits per heavy atom. The zero-order valence-electron chi connectivity index (χ0n) is 22.4. The first-order chi connectivity index (χ1) is 19.4. The smallest absolute Gasteiger partial charge is 0.261 e. The maximum Gasteiger partial charge on any atom is 0.261 e. The summed E-state index contributed by atoms with van der Waals surface area (Å²) in [5, 5.41) is 17.3. The van der Waals surface area contributed by atoms with E-state index in [1.165, 1.54) is 10.4 Å². The van der Waals surface area contributed by atoms with Gasteiger partial charge in [-0.25, -0.2) is 18.1 Å². The van der Waals surface area contributed by atoms with Crippen LogP contribution in [0.3, 0.4) is 0 Å². The Morgan fingerprint density at radius 3 is 2.58 bits per heavy atom. The molecule has 2 aromatic heterocycles. The van der Waals surface area contributed by atoms with E-state index in [2.05, 4.69) is 10.3 Å². The molecule has 11 heteroatoms. The van der Waals surface area contributed by atoms with Gasteiger partial charge in [0.15, 0.2) is 0 Å². The van der Waals surface area contributed by atoms with Crippen LogP contribution in [-0.4, -0.2) is 57.6 Å². The highest BCUT2D eigenvalue weighted by molar-refractivity contribution is 7.89. The molecular formula is C29H31N7O3S. The molecule has 0 atom stereocenters. The third-order valence-electron chi connectivity index (χ3n) is 6.32. The number of nitriles is 1. The van der Waals surface area contributed by atoms with Crippen molar-refractivity contribution in [3.63, 3.8) is 0 Å². The molecule has 0 saturated carbocycles. The molecule has 206 valence electrons. The normalized spacial score (nSPS) is 11.9. The number of rotatable bonds is 12. The third kappa shape index (κ3) is 6.54. The minimum Gasteiger partial charge on any atom is -0.351 e. The van der Waals surface area contributed by atoms with Gasteiger partial charge in [-0.15, -0.1) is 0 Å². The summed E-state index contributed by atoms with van der Waals surface area (Å²) in [5.74, 6) is -0.496. The molecule has 10 nitrogen and oxygen atoms in total. The molecule has 0 unspecified atom stereocenters. The maximum atomic E-state index is 13.2. The number of amides is 1. The molecule has 0 saturated heterocycles. The molecular weight excluding hydrogens is 526 g/mol. The molecule has 1 amide bonds. The van der Waals surface area contributed by atoms with E-state index in [0.29, 0.717) is 49.4 Å². The lowest BCUT2D eigenvalue weighted by atomic mass is 10.1. The van der Waals surface area contributed by atoms with Crippen molar-refractivity contribution in [3.05, 3.63) is 90.7 Å². The summed E-state index contributed by atoms with van der Waals surface area (Å²) in [5.41, 5.74) is 2.20. The van der Waals surface area contributed by atoms with Crippen molar-refractivity contribution in [2.45, 2.75) is 31.7 Å². The first kappa shape index (κ1) is 28.5. The highest BCUT2D eigenvalue weighted by Gasteiger charge is 2.23. The minimum absolute atomic E-state index is 0.0802. The van der Waals surface area contributed by atoms with Gasteiger partial charge in [0.2, 0.25) is 10.0 Å². The van der Waals surface area contributed by atoms with E-state index >= 15 is 0 Å². The quantitative estimate of drug-likeness (QED) is 0.160. The largest absolute Gasteiger partial charge is 0.351 e. The van der Waals surface area contributed by atoms with E-state index < -0.39 is 15.9 Å². The number of hydrogen-bond donors (Lipinski definition) is 1. The predicted molar refractivity (Wildman–Crippen MR) is 153 cm³/mol. The van der Waals surface area contributed by atoms with Gasteiger partial charge in [0.05, 0.1) is 16.9 Å². The average molecular weight is 558 g/mol. The van der Waals surface area contributed by atoms with Crippen molar-refractivity contribution >= 4 is 22.0 Å². The van der Waals surface area contributed by atoms with Crippen LogP contribution in [0.15, 0.2) is 90.0 Å². The number of nitrogens with zero attached hydrogens (tertiary/aromatic N) is 6. The average Bonchev–Trinajstić information content (AvgIpc) is 3.65. The van der Waals surface area contributed by atoms with Crippen LogP contribution in [0, 0.1) is 11.3 Å². The van der Waals surface area contributed by atoms with Gasteiger partial charge in [-0.1, -0.05) is 44.2 Å². The first-order valence-corrected chi connectivity index (χ1v) is 14.4. The van der Waals surface area contributed by atoms with Crippen molar-refractivity contribution in [1.29, 1.82) is 5.26 Å². The molecule has 40 heavy (non-hydrogen) atoms. The SMILES string of the molecule is CCN(CC)S(=O)(=O)c1cccc(-c2nn(-c3ccccc3)cc2/C=C(\C#N)C(=O)NCCCn2ccnc2)c1. The van der Waals surface area contributed by atoms with E-state index in [1.54, 1.807) is 61.5 Å². The number of hydrogen-bond acceptors (Lipinski definition) is 6. The van der Waals surface area contributed by atoms with Crippen LogP contribution >= 0.6 is 0 Å². The van der Waals surface area contributed by atoms with Crippen molar-refractivity contribution in [1.82, 2.24) is 29.0 Å². The summed E-state index contributed by atoms with van der Waals surface area (Å²) in [7, 11) is -3.70. The standard InChI is InChI=1S/C29H31N7O3S/c1-3-35(4-2)40(38,39)27-13-8-10-23(19-27)28-25(21-36(33-28)26-11-6-5-7-12-26)18-24(20-30)29(37)32-14-9-16-34-17-15-31-22-34/h5-8,10-13,15,17-19,21-22H,3-4,9,14,16H2,1-2H3,(H,32,37)/b24-18+. The van der Waals surface area contributed by atoms with Crippen LogP contribution in [0.2, 0.25) is 0 Å². The topological polar surface area (TPSA) is 126 Å².